The molecule has 0 heterocycles. The number of benzene rings is 1. The van der Waals surface area contributed by atoms with E-state index < -0.39 is 0 Å². The number of phenolic OH excluding ortho intramolecular Hbond substituents is 1. The van der Waals surface area contributed by atoms with Crippen LogP contribution in [0.2, 0.25) is 0 Å². The van der Waals surface area contributed by atoms with E-state index in [4.69, 9.17) is 0 Å². The van der Waals surface area contributed by atoms with E-state index in [1.807, 2.05) is 40.9 Å². The average Bonchev–Trinajstić information content (AvgIpc) is 2.28. The second kappa shape index (κ2) is 6.57. The molecule has 1 rings (SSSR count). The van der Waals surface area contributed by atoms with Crippen molar-refractivity contribution in [1.29, 1.82) is 0 Å². The monoisotopic (exact) mass is 264 g/mol. The molecule has 0 saturated carbocycles. The number of hydrogen-bond donors (Lipinski definition) is 1. The molecule has 0 aliphatic rings. The Hall–Kier alpha value is -1.55. The van der Waals surface area contributed by atoms with Crippen LogP contribution in [0.1, 0.15) is 29.8 Å². The fourth-order valence-corrected chi connectivity index (χ4v) is 2.26. The Labute approximate surface area is 115 Å². The Balaban J connectivity index is 2.95. The van der Waals surface area contributed by atoms with Gasteiger partial charge in [-0.2, -0.15) is 0 Å². The van der Waals surface area contributed by atoms with Gasteiger partial charge in [-0.15, -0.1) is 0 Å². The van der Waals surface area contributed by atoms with E-state index in [9.17, 15) is 9.90 Å². The van der Waals surface area contributed by atoms with E-state index >= 15 is 0 Å². The topological polar surface area (TPSA) is 43.8 Å². The van der Waals surface area contributed by atoms with Crippen molar-refractivity contribution in [3.8, 4) is 5.75 Å². The summed E-state index contributed by atoms with van der Waals surface area (Å²) in [5.74, 6) is -0.0603. The fraction of sp³-hybridized carbons (Fsp3) is 0.533. The molecule has 19 heavy (non-hydrogen) atoms. The zero-order valence-corrected chi connectivity index (χ0v) is 12.5. The van der Waals surface area contributed by atoms with Gasteiger partial charge in [0.05, 0.1) is 5.56 Å². The summed E-state index contributed by atoms with van der Waals surface area (Å²) in [6, 6.07) is 5.26. The molecule has 1 unspecified atom stereocenters. The SMILES string of the molecule is CCN(C(=O)c1ccc(C)cc1O)C(C)CN(C)C. The number of nitrogens with zero attached hydrogens (tertiary/aromatic N) is 2. The van der Waals surface area contributed by atoms with Gasteiger partial charge in [0.15, 0.2) is 0 Å². The largest absolute Gasteiger partial charge is 0.507 e. The highest BCUT2D eigenvalue weighted by Gasteiger charge is 2.22. The van der Waals surface area contributed by atoms with Crippen molar-refractivity contribution < 1.29 is 9.90 Å². The summed E-state index contributed by atoms with van der Waals surface area (Å²) in [6.45, 7) is 7.29. The number of amides is 1. The Morgan fingerprint density at radius 2 is 2.00 bits per heavy atom. The standard InChI is InChI=1S/C15H24N2O2/c1-6-17(12(3)10-16(4)5)15(19)13-8-7-11(2)9-14(13)18/h7-9,12,18H,6,10H2,1-5H3. The molecule has 1 N–H and O–H groups in total. The Morgan fingerprint density at radius 1 is 1.37 bits per heavy atom. The molecule has 0 fully saturated rings. The van der Waals surface area contributed by atoms with Gasteiger partial charge in [-0.1, -0.05) is 6.07 Å². The molecule has 4 nitrogen and oxygen atoms in total. The number of aromatic hydroxyl groups is 1. The first-order valence-corrected chi connectivity index (χ1v) is 6.62. The highest BCUT2D eigenvalue weighted by Crippen LogP contribution is 2.21. The molecular weight excluding hydrogens is 240 g/mol. The van der Waals surface area contributed by atoms with Crippen LogP contribution in [0.4, 0.5) is 0 Å². The maximum Gasteiger partial charge on any atom is 0.257 e. The lowest BCUT2D eigenvalue weighted by Gasteiger charge is -2.30. The highest BCUT2D eigenvalue weighted by atomic mass is 16.3. The smallest absolute Gasteiger partial charge is 0.257 e. The molecule has 1 aromatic rings. The van der Waals surface area contributed by atoms with Crippen LogP contribution >= 0.6 is 0 Å². The zero-order valence-electron chi connectivity index (χ0n) is 12.5. The van der Waals surface area contributed by atoms with Gasteiger partial charge in [-0.05, 0) is 52.6 Å². The van der Waals surface area contributed by atoms with Gasteiger partial charge in [0.2, 0.25) is 0 Å². The lowest BCUT2D eigenvalue weighted by molar-refractivity contribution is 0.0676. The van der Waals surface area contributed by atoms with Crippen molar-refractivity contribution in [2.45, 2.75) is 26.8 Å². The molecule has 1 atom stereocenters. The molecule has 4 heteroatoms. The predicted molar refractivity (Wildman–Crippen MR) is 77.6 cm³/mol. The maximum atomic E-state index is 12.5. The van der Waals surface area contributed by atoms with Crippen LogP contribution < -0.4 is 0 Å². The van der Waals surface area contributed by atoms with Gasteiger partial charge in [0.25, 0.3) is 5.91 Å². The molecule has 106 valence electrons. The minimum absolute atomic E-state index is 0.0560. The molecule has 0 bridgehead atoms. The van der Waals surface area contributed by atoms with Gasteiger partial charge in [0.1, 0.15) is 5.75 Å². The van der Waals surface area contributed by atoms with Crippen molar-refractivity contribution in [2.75, 3.05) is 27.2 Å². The van der Waals surface area contributed by atoms with E-state index in [0.29, 0.717) is 12.1 Å². The van der Waals surface area contributed by atoms with E-state index in [-0.39, 0.29) is 17.7 Å². The van der Waals surface area contributed by atoms with E-state index in [1.54, 1.807) is 17.0 Å². The van der Waals surface area contributed by atoms with Crippen molar-refractivity contribution in [3.05, 3.63) is 29.3 Å². The third-order valence-corrected chi connectivity index (χ3v) is 3.15. The number of carbonyl (C=O) groups is 1. The Bertz CT molecular complexity index is 444. The highest BCUT2D eigenvalue weighted by molar-refractivity contribution is 5.97. The summed E-state index contributed by atoms with van der Waals surface area (Å²) < 4.78 is 0. The van der Waals surface area contributed by atoms with Crippen LogP contribution in [-0.4, -0.2) is 54.0 Å². The van der Waals surface area contributed by atoms with Crippen LogP contribution in [0.3, 0.4) is 0 Å². The minimum Gasteiger partial charge on any atom is -0.507 e. The van der Waals surface area contributed by atoms with Gasteiger partial charge in [-0.3, -0.25) is 4.79 Å². The van der Waals surface area contributed by atoms with Gasteiger partial charge >= 0.3 is 0 Å². The van der Waals surface area contributed by atoms with E-state index in [1.165, 1.54) is 0 Å². The number of phenols is 1. The van der Waals surface area contributed by atoms with Crippen LogP contribution in [0.15, 0.2) is 18.2 Å². The Morgan fingerprint density at radius 3 is 2.47 bits per heavy atom. The first-order valence-electron chi connectivity index (χ1n) is 6.62. The van der Waals surface area contributed by atoms with Gasteiger partial charge in [0, 0.05) is 19.1 Å². The molecule has 0 aliphatic heterocycles. The minimum atomic E-state index is -0.116. The normalized spacial score (nSPS) is 12.5. The van der Waals surface area contributed by atoms with Crippen molar-refractivity contribution in [3.63, 3.8) is 0 Å². The quantitative estimate of drug-likeness (QED) is 0.886. The number of carbonyl (C=O) groups excluding carboxylic acids is 1. The number of likely N-dealkylation sites (N-methyl/N-ethyl adjacent to an activating group) is 2. The summed E-state index contributed by atoms with van der Waals surface area (Å²) in [6.07, 6.45) is 0. The lowest BCUT2D eigenvalue weighted by atomic mass is 10.1. The molecule has 0 radical (unpaired) electrons. The third kappa shape index (κ3) is 3.96. The zero-order chi connectivity index (χ0) is 14.6. The molecule has 0 spiro atoms. The summed E-state index contributed by atoms with van der Waals surface area (Å²) in [4.78, 5) is 16.3. The summed E-state index contributed by atoms with van der Waals surface area (Å²) >= 11 is 0. The number of rotatable bonds is 5. The molecule has 0 saturated heterocycles. The van der Waals surface area contributed by atoms with Gasteiger partial charge in [-0.25, -0.2) is 0 Å². The maximum absolute atomic E-state index is 12.5. The van der Waals surface area contributed by atoms with Crippen LogP contribution in [0.25, 0.3) is 0 Å². The molecule has 0 aliphatic carbocycles. The lowest BCUT2D eigenvalue weighted by Crippen LogP contribution is -2.43. The Kier molecular flexibility index (Phi) is 5.36. The summed E-state index contributed by atoms with van der Waals surface area (Å²) in [5.41, 5.74) is 1.32. The second-order valence-electron chi connectivity index (χ2n) is 5.22. The summed E-state index contributed by atoms with van der Waals surface area (Å²) in [5, 5.41) is 9.91. The predicted octanol–water partition coefficient (Wildman–Crippen LogP) is 2.11. The van der Waals surface area contributed by atoms with Gasteiger partial charge < -0.3 is 14.9 Å². The molecular formula is C15H24N2O2. The number of hydrogen-bond acceptors (Lipinski definition) is 3. The molecule has 0 aromatic heterocycles. The first-order chi connectivity index (χ1) is 8.86. The molecule has 1 aromatic carbocycles. The van der Waals surface area contributed by atoms with Crippen LogP contribution in [-0.2, 0) is 0 Å². The molecule has 1 amide bonds. The number of aryl methyl sites for hydroxylation is 1. The third-order valence-electron chi connectivity index (χ3n) is 3.15. The average molecular weight is 264 g/mol. The van der Waals surface area contributed by atoms with Crippen molar-refractivity contribution in [1.82, 2.24) is 9.80 Å². The van der Waals surface area contributed by atoms with Crippen molar-refractivity contribution in [2.24, 2.45) is 0 Å². The second-order valence-corrected chi connectivity index (χ2v) is 5.22. The first kappa shape index (κ1) is 15.5. The van der Waals surface area contributed by atoms with Crippen LogP contribution in [0, 0.1) is 6.92 Å². The van der Waals surface area contributed by atoms with Crippen LogP contribution in [0.5, 0.6) is 5.75 Å². The van der Waals surface area contributed by atoms with E-state index in [2.05, 4.69) is 4.90 Å². The van der Waals surface area contributed by atoms with E-state index in [0.717, 1.165) is 12.1 Å². The van der Waals surface area contributed by atoms with Crippen molar-refractivity contribution >= 4 is 5.91 Å². The fourth-order valence-electron chi connectivity index (χ4n) is 2.26. The summed E-state index contributed by atoms with van der Waals surface area (Å²) in [7, 11) is 3.97.